The molecule has 0 unspecified atom stereocenters. The second kappa shape index (κ2) is 9.46. The molecule has 5 nitrogen and oxygen atoms in total. The first kappa shape index (κ1) is 23.6. The van der Waals surface area contributed by atoms with Crippen molar-refractivity contribution < 1.29 is 22.4 Å². The Labute approximate surface area is 206 Å². The van der Waals surface area contributed by atoms with Crippen molar-refractivity contribution in [1.29, 1.82) is 0 Å². The van der Waals surface area contributed by atoms with Crippen molar-refractivity contribution in [2.75, 3.05) is 10.6 Å². The average Bonchev–Trinajstić information content (AvgIpc) is 3.45. The number of carbonyl (C=O) groups excluding carboxylic acids is 1. The lowest BCUT2D eigenvalue weighted by molar-refractivity contribution is -0.137. The largest absolute Gasteiger partial charge is 0.416 e. The number of alkyl halides is 3. The molecule has 2 heterocycles. The number of hydrogen-bond acceptors (Lipinski definition) is 3. The second-order valence-corrected chi connectivity index (χ2v) is 9.16. The van der Waals surface area contributed by atoms with Crippen molar-refractivity contribution in [3.63, 3.8) is 0 Å². The molecule has 0 radical (unpaired) electrons. The number of thiazole rings is 1. The molecule has 3 aromatic carbocycles. The maximum absolute atomic E-state index is 13.6. The fourth-order valence-electron chi connectivity index (χ4n) is 3.78. The smallest absolute Gasteiger partial charge is 0.359 e. The SMILES string of the molecule is O=C(Nc1cc(F)cc(C(F)(F)F)c1)Nc1c[nH]c2ccc(-c3cnc(Cc4ccccc4)s3)cc12. The molecule has 0 fully saturated rings. The molecule has 0 aliphatic carbocycles. The van der Waals surface area contributed by atoms with Crippen molar-refractivity contribution in [3.05, 3.63) is 101 Å². The summed E-state index contributed by atoms with van der Waals surface area (Å²) in [6.07, 6.45) is -0.631. The molecule has 0 saturated carbocycles. The monoisotopic (exact) mass is 510 g/mol. The third kappa shape index (κ3) is 5.23. The van der Waals surface area contributed by atoms with Crippen LogP contribution in [-0.2, 0) is 12.6 Å². The average molecular weight is 511 g/mol. The number of nitrogens with one attached hydrogen (secondary N) is 3. The summed E-state index contributed by atoms with van der Waals surface area (Å²) >= 11 is 1.57. The summed E-state index contributed by atoms with van der Waals surface area (Å²) in [6.45, 7) is 0. The van der Waals surface area contributed by atoms with Crippen LogP contribution in [0.5, 0.6) is 0 Å². The van der Waals surface area contributed by atoms with E-state index in [4.69, 9.17) is 0 Å². The Bertz CT molecular complexity index is 1540. The summed E-state index contributed by atoms with van der Waals surface area (Å²) in [5.41, 5.74) is 1.75. The van der Waals surface area contributed by atoms with Gasteiger partial charge in [0.15, 0.2) is 0 Å². The normalized spacial score (nSPS) is 11.6. The number of carbonyl (C=O) groups is 1. The quantitative estimate of drug-likeness (QED) is 0.212. The summed E-state index contributed by atoms with van der Waals surface area (Å²) in [4.78, 5) is 21.0. The molecule has 0 spiro atoms. The van der Waals surface area contributed by atoms with Gasteiger partial charge >= 0.3 is 12.2 Å². The van der Waals surface area contributed by atoms with E-state index in [2.05, 4.69) is 20.6 Å². The first-order valence-corrected chi connectivity index (χ1v) is 11.6. The third-order valence-electron chi connectivity index (χ3n) is 5.45. The molecule has 182 valence electrons. The van der Waals surface area contributed by atoms with Gasteiger partial charge in [-0.1, -0.05) is 36.4 Å². The van der Waals surface area contributed by atoms with Crippen LogP contribution in [0, 0.1) is 5.82 Å². The van der Waals surface area contributed by atoms with E-state index in [0.29, 0.717) is 23.2 Å². The van der Waals surface area contributed by atoms with Crippen LogP contribution < -0.4 is 10.6 Å². The number of halogens is 4. The van der Waals surface area contributed by atoms with E-state index in [1.165, 1.54) is 0 Å². The second-order valence-electron chi connectivity index (χ2n) is 8.05. The van der Waals surface area contributed by atoms with Crippen LogP contribution in [0.2, 0.25) is 0 Å². The van der Waals surface area contributed by atoms with Crippen LogP contribution in [0.4, 0.5) is 33.7 Å². The van der Waals surface area contributed by atoms with E-state index in [-0.39, 0.29) is 5.69 Å². The van der Waals surface area contributed by atoms with Gasteiger partial charge in [0.05, 0.1) is 21.1 Å². The fourth-order valence-corrected chi connectivity index (χ4v) is 4.73. The van der Waals surface area contributed by atoms with Crippen molar-refractivity contribution in [2.24, 2.45) is 0 Å². The number of anilines is 2. The standard InChI is InChI=1S/C26H18F4N4OS/c27-18-10-17(26(28,29)30)11-19(12-18)33-25(35)34-22-13-31-21-7-6-16(9-20(21)22)23-14-32-24(36-23)8-15-4-2-1-3-5-15/h1-7,9-14,31H,8H2,(H2,33,34,35). The molecule has 2 amide bonds. The number of hydrogen-bond donors (Lipinski definition) is 3. The molecule has 3 N–H and O–H groups in total. The van der Waals surface area contributed by atoms with E-state index in [9.17, 15) is 22.4 Å². The topological polar surface area (TPSA) is 69.8 Å². The number of H-pyrrole nitrogens is 1. The molecule has 5 aromatic rings. The van der Waals surface area contributed by atoms with Crippen LogP contribution >= 0.6 is 11.3 Å². The Kier molecular flexibility index (Phi) is 6.19. The highest BCUT2D eigenvalue weighted by atomic mass is 32.1. The highest BCUT2D eigenvalue weighted by molar-refractivity contribution is 7.15. The lowest BCUT2D eigenvalue weighted by Crippen LogP contribution is -2.20. The van der Waals surface area contributed by atoms with Crippen molar-refractivity contribution in [1.82, 2.24) is 9.97 Å². The molecule has 36 heavy (non-hydrogen) atoms. The Morgan fingerprint density at radius 3 is 2.58 bits per heavy atom. The lowest BCUT2D eigenvalue weighted by atomic mass is 10.1. The number of rotatable bonds is 5. The van der Waals surface area contributed by atoms with Crippen LogP contribution in [0.3, 0.4) is 0 Å². The summed E-state index contributed by atoms with van der Waals surface area (Å²) in [5, 5.41) is 6.54. The highest BCUT2D eigenvalue weighted by Gasteiger charge is 2.31. The number of aromatic nitrogens is 2. The molecule has 10 heteroatoms. The molecule has 0 atom stereocenters. The lowest BCUT2D eigenvalue weighted by Gasteiger charge is -2.11. The zero-order chi connectivity index (χ0) is 25.3. The molecule has 2 aromatic heterocycles. The maximum atomic E-state index is 13.6. The van der Waals surface area contributed by atoms with Gasteiger partial charge in [0.1, 0.15) is 5.82 Å². The zero-order valence-electron chi connectivity index (χ0n) is 18.5. The molecule has 0 bridgehead atoms. The number of benzene rings is 3. The number of fused-ring (bicyclic) bond motifs is 1. The van der Waals surface area contributed by atoms with Gasteiger partial charge in [0.2, 0.25) is 0 Å². The van der Waals surface area contributed by atoms with Crippen LogP contribution in [0.25, 0.3) is 21.3 Å². The van der Waals surface area contributed by atoms with Crippen molar-refractivity contribution >= 4 is 39.6 Å². The summed E-state index contributed by atoms with van der Waals surface area (Å²) in [5.74, 6) is -1.10. The van der Waals surface area contributed by atoms with Gasteiger partial charge in [-0.3, -0.25) is 0 Å². The molecule has 0 aliphatic rings. The van der Waals surface area contributed by atoms with E-state index in [0.717, 1.165) is 39.0 Å². The zero-order valence-corrected chi connectivity index (χ0v) is 19.3. The Morgan fingerprint density at radius 2 is 1.81 bits per heavy atom. The Morgan fingerprint density at radius 1 is 1.00 bits per heavy atom. The minimum atomic E-state index is -4.74. The molecule has 0 saturated heterocycles. The summed E-state index contributed by atoms with van der Waals surface area (Å²) < 4.78 is 52.5. The van der Waals surface area contributed by atoms with Gasteiger partial charge in [-0.05, 0) is 41.5 Å². The Balaban J connectivity index is 1.34. The van der Waals surface area contributed by atoms with Gasteiger partial charge in [0, 0.05) is 35.4 Å². The molecular formula is C26H18F4N4OS. The molecule has 5 rings (SSSR count). The fraction of sp³-hybridized carbons (Fsp3) is 0.0769. The third-order valence-corrected chi connectivity index (χ3v) is 6.50. The van der Waals surface area contributed by atoms with Gasteiger partial charge in [-0.25, -0.2) is 14.2 Å². The summed E-state index contributed by atoms with van der Waals surface area (Å²) in [6, 6.07) is 16.8. The van der Waals surface area contributed by atoms with Crippen molar-refractivity contribution in [2.45, 2.75) is 12.6 Å². The first-order valence-electron chi connectivity index (χ1n) is 10.8. The van der Waals surface area contributed by atoms with E-state index in [1.54, 1.807) is 23.7 Å². The van der Waals surface area contributed by atoms with Crippen LogP contribution in [0.1, 0.15) is 16.1 Å². The highest BCUT2D eigenvalue weighted by Crippen LogP contribution is 2.34. The number of nitrogens with zero attached hydrogens (tertiary/aromatic N) is 1. The van der Waals surface area contributed by atoms with Crippen LogP contribution in [0.15, 0.2) is 79.1 Å². The minimum absolute atomic E-state index is 0.309. The Hall–Kier alpha value is -4.18. The van der Waals surface area contributed by atoms with Gasteiger partial charge in [-0.15, -0.1) is 11.3 Å². The van der Waals surface area contributed by atoms with E-state index in [1.807, 2.05) is 48.5 Å². The van der Waals surface area contributed by atoms with Gasteiger partial charge in [0.25, 0.3) is 0 Å². The molecular weight excluding hydrogens is 492 g/mol. The predicted molar refractivity (Wildman–Crippen MR) is 133 cm³/mol. The predicted octanol–water partition coefficient (Wildman–Crippen LogP) is 7.68. The van der Waals surface area contributed by atoms with E-state index < -0.39 is 23.6 Å². The maximum Gasteiger partial charge on any atom is 0.416 e. The van der Waals surface area contributed by atoms with Gasteiger partial charge in [-0.2, -0.15) is 13.2 Å². The van der Waals surface area contributed by atoms with Crippen molar-refractivity contribution in [3.8, 4) is 10.4 Å². The van der Waals surface area contributed by atoms with E-state index >= 15 is 0 Å². The molecule has 0 aliphatic heterocycles. The first-order chi connectivity index (χ1) is 17.2. The minimum Gasteiger partial charge on any atom is -0.359 e. The number of aromatic amines is 1. The van der Waals surface area contributed by atoms with Gasteiger partial charge < -0.3 is 15.6 Å². The number of amides is 2. The van der Waals surface area contributed by atoms with Crippen LogP contribution in [-0.4, -0.2) is 16.0 Å². The number of urea groups is 1. The summed E-state index contributed by atoms with van der Waals surface area (Å²) in [7, 11) is 0.